The average molecular weight is 383 g/mol. The standard InChI is InChI=1S/C25H25N3O/c1-28-23-14-8-7-13-22(23)26-24(28)17-16-20-11-5-6-12-21(20)27-25(29)18-15-19-9-3-2-4-10-19/h2-14H,15-18H2,1H3,(H,27,29). The van der Waals surface area contributed by atoms with Crippen LogP contribution in [-0.2, 0) is 31.1 Å². The molecule has 1 aromatic heterocycles. The second-order valence-corrected chi connectivity index (χ2v) is 7.27. The van der Waals surface area contributed by atoms with Crippen LogP contribution in [0.25, 0.3) is 11.0 Å². The summed E-state index contributed by atoms with van der Waals surface area (Å²) in [5, 5.41) is 3.09. The Bertz CT molecular complexity index is 1120. The topological polar surface area (TPSA) is 46.9 Å². The SMILES string of the molecule is Cn1c(CCc2ccccc2NC(=O)CCc2ccccc2)nc2ccccc21. The molecule has 0 fully saturated rings. The lowest BCUT2D eigenvalue weighted by Gasteiger charge is -2.11. The largest absolute Gasteiger partial charge is 0.331 e. The van der Waals surface area contributed by atoms with Crippen LogP contribution < -0.4 is 5.32 Å². The second-order valence-electron chi connectivity index (χ2n) is 7.27. The number of para-hydroxylation sites is 3. The summed E-state index contributed by atoms with van der Waals surface area (Å²) in [7, 11) is 2.06. The van der Waals surface area contributed by atoms with Gasteiger partial charge in [0.25, 0.3) is 0 Å². The molecule has 4 rings (SSSR count). The van der Waals surface area contributed by atoms with Crippen LogP contribution in [0.5, 0.6) is 0 Å². The van der Waals surface area contributed by atoms with Crippen LogP contribution in [0.4, 0.5) is 5.69 Å². The fraction of sp³-hybridized carbons (Fsp3) is 0.200. The first-order chi connectivity index (χ1) is 14.2. The van der Waals surface area contributed by atoms with Gasteiger partial charge >= 0.3 is 0 Å². The molecule has 0 saturated heterocycles. The van der Waals surface area contributed by atoms with Gasteiger partial charge in [-0.05, 0) is 42.2 Å². The summed E-state index contributed by atoms with van der Waals surface area (Å²) in [6.45, 7) is 0. The second kappa shape index (κ2) is 8.74. The van der Waals surface area contributed by atoms with Crippen molar-refractivity contribution < 1.29 is 4.79 Å². The van der Waals surface area contributed by atoms with E-state index in [2.05, 4.69) is 41.2 Å². The van der Waals surface area contributed by atoms with Crippen LogP contribution in [0.1, 0.15) is 23.4 Å². The molecule has 0 saturated carbocycles. The van der Waals surface area contributed by atoms with Gasteiger partial charge in [0, 0.05) is 25.6 Å². The number of fused-ring (bicyclic) bond motifs is 1. The van der Waals surface area contributed by atoms with Crippen LogP contribution in [0, 0.1) is 0 Å². The molecule has 1 amide bonds. The Kier molecular flexibility index (Phi) is 5.71. The molecule has 4 aromatic rings. The Hall–Kier alpha value is -3.40. The molecule has 0 aliphatic rings. The fourth-order valence-electron chi connectivity index (χ4n) is 3.64. The first-order valence-corrected chi connectivity index (χ1v) is 10.0. The first kappa shape index (κ1) is 18.9. The van der Waals surface area contributed by atoms with Crippen molar-refractivity contribution in [3.63, 3.8) is 0 Å². The number of carbonyl (C=O) groups excluding carboxylic acids is 1. The molecule has 0 atom stereocenters. The zero-order valence-electron chi connectivity index (χ0n) is 16.6. The van der Waals surface area contributed by atoms with Crippen molar-refractivity contribution >= 4 is 22.6 Å². The predicted molar refractivity (Wildman–Crippen MR) is 118 cm³/mol. The number of rotatable bonds is 7. The monoisotopic (exact) mass is 383 g/mol. The number of hydrogen-bond acceptors (Lipinski definition) is 2. The highest BCUT2D eigenvalue weighted by Gasteiger charge is 2.10. The molecule has 0 spiro atoms. The third-order valence-corrected chi connectivity index (χ3v) is 5.27. The van der Waals surface area contributed by atoms with Crippen molar-refractivity contribution in [2.24, 2.45) is 7.05 Å². The quantitative estimate of drug-likeness (QED) is 0.492. The van der Waals surface area contributed by atoms with Crippen LogP contribution >= 0.6 is 0 Å². The van der Waals surface area contributed by atoms with Crippen LogP contribution in [-0.4, -0.2) is 15.5 Å². The summed E-state index contributed by atoms with van der Waals surface area (Å²) in [6.07, 6.45) is 2.87. The van der Waals surface area contributed by atoms with E-state index in [9.17, 15) is 4.79 Å². The summed E-state index contributed by atoms with van der Waals surface area (Å²) in [6, 6.07) is 26.3. The van der Waals surface area contributed by atoms with Gasteiger partial charge in [0.15, 0.2) is 0 Å². The van der Waals surface area contributed by atoms with E-state index in [0.717, 1.165) is 47.4 Å². The fourth-order valence-corrected chi connectivity index (χ4v) is 3.64. The van der Waals surface area contributed by atoms with E-state index in [1.165, 1.54) is 5.56 Å². The van der Waals surface area contributed by atoms with Crippen molar-refractivity contribution in [2.45, 2.75) is 25.7 Å². The lowest BCUT2D eigenvalue weighted by Crippen LogP contribution is -2.14. The van der Waals surface area contributed by atoms with Gasteiger partial charge < -0.3 is 9.88 Å². The molecule has 0 radical (unpaired) electrons. The zero-order valence-corrected chi connectivity index (χ0v) is 16.6. The van der Waals surface area contributed by atoms with E-state index in [4.69, 9.17) is 4.98 Å². The molecule has 146 valence electrons. The number of anilines is 1. The molecule has 0 aliphatic heterocycles. The lowest BCUT2D eigenvalue weighted by atomic mass is 10.1. The highest BCUT2D eigenvalue weighted by molar-refractivity contribution is 5.91. The third-order valence-electron chi connectivity index (χ3n) is 5.27. The summed E-state index contributed by atoms with van der Waals surface area (Å²) in [4.78, 5) is 17.2. The number of carbonyl (C=O) groups is 1. The van der Waals surface area contributed by atoms with Gasteiger partial charge in [0.1, 0.15) is 5.82 Å². The summed E-state index contributed by atoms with van der Waals surface area (Å²) < 4.78 is 2.15. The number of imidazole rings is 1. The molecule has 1 heterocycles. The van der Waals surface area contributed by atoms with Crippen LogP contribution in [0.15, 0.2) is 78.9 Å². The maximum absolute atomic E-state index is 12.5. The Morgan fingerprint density at radius 2 is 1.59 bits per heavy atom. The maximum Gasteiger partial charge on any atom is 0.224 e. The van der Waals surface area contributed by atoms with Gasteiger partial charge in [-0.2, -0.15) is 0 Å². The number of aryl methyl sites for hydroxylation is 4. The van der Waals surface area contributed by atoms with Crippen molar-refractivity contribution in [2.75, 3.05) is 5.32 Å². The van der Waals surface area contributed by atoms with Gasteiger partial charge in [0.2, 0.25) is 5.91 Å². The molecule has 4 heteroatoms. The number of nitrogens with zero attached hydrogens (tertiary/aromatic N) is 2. The molecule has 0 bridgehead atoms. The van der Waals surface area contributed by atoms with Gasteiger partial charge in [-0.15, -0.1) is 0 Å². The van der Waals surface area contributed by atoms with Crippen LogP contribution in [0.3, 0.4) is 0 Å². The van der Waals surface area contributed by atoms with E-state index in [-0.39, 0.29) is 5.91 Å². The molecular formula is C25H25N3O. The third kappa shape index (κ3) is 4.54. The van der Waals surface area contributed by atoms with E-state index < -0.39 is 0 Å². The van der Waals surface area contributed by atoms with Gasteiger partial charge in [-0.1, -0.05) is 60.7 Å². The molecule has 0 unspecified atom stereocenters. The number of aromatic nitrogens is 2. The Morgan fingerprint density at radius 1 is 0.862 bits per heavy atom. The highest BCUT2D eigenvalue weighted by atomic mass is 16.1. The highest BCUT2D eigenvalue weighted by Crippen LogP contribution is 2.20. The Balaban J connectivity index is 1.41. The van der Waals surface area contributed by atoms with Crippen molar-refractivity contribution in [3.05, 3.63) is 95.8 Å². The van der Waals surface area contributed by atoms with Crippen molar-refractivity contribution in [3.8, 4) is 0 Å². The molecule has 3 aromatic carbocycles. The molecule has 4 nitrogen and oxygen atoms in total. The van der Waals surface area contributed by atoms with Crippen molar-refractivity contribution in [1.29, 1.82) is 0 Å². The van der Waals surface area contributed by atoms with Gasteiger partial charge in [-0.25, -0.2) is 4.98 Å². The van der Waals surface area contributed by atoms with E-state index in [1.807, 2.05) is 54.6 Å². The van der Waals surface area contributed by atoms with E-state index in [1.54, 1.807) is 0 Å². The maximum atomic E-state index is 12.5. The van der Waals surface area contributed by atoms with Gasteiger partial charge in [-0.3, -0.25) is 4.79 Å². The number of nitrogens with one attached hydrogen (secondary N) is 1. The minimum Gasteiger partial charge on any atom is -0.331 e. The van der Waals surface area contributed by atoms with Gasteiger partial charge in [0.05, 0.1) is 11.0 Å². The van der Waals surface area contributed by atoms with Crippen molar-refractivity contribution in [1.82, 2.24) is 9.55 Å². The molecule has 1 N–H and O–H groups in total. The zero-order chi connectivity index (χ0) is 20.1. The molecule has 0 aliphatic carbocycles. The predicted octanol–water partition coefficient (Wildman–Crippen LogP) is 4.93. The van der Waals surface area contributed by atoms with E-state index in [0.29, 0.717) is 6.42 Å². The minimum absolute atomic E-state index is 0.0454. The number of amides is 1. The summed E-state index contributed by atoms with van der Waals surface area (Å²) in [5.41, 5.74) is 5.37. The smallest absolute Gasteiger partial charge is 0.224 e. The Morgan fingerprint density at radius 3 is 2.41 bits per heavy atom. The Labute approximate surface area is 171 Å². The van der Waals surface area contributed by atoms with Crippen LogP contribution in [0.2, 0.25) is 0 Å². The summed E-state index contributed by atoms with van der Waals surface area (Å²) >= 11 is 0. The van der Waals surface area contributed by atoms with E-state index >= 15 is 0 Å². The normalized spacial score (nSPS) is 10.9. The molecular weight excluding hydrogens is 358 g/mol. The summed E-state index contributed by atoms with van der Waals surface area (Å²) in [5.74, 6) is 1.10. The first-order valence-electron chi connectivity index (χ1n) is 10.0. The number of benzene rings is 3. The number of hydrogen-bond donors (Lipinski definition) is 1. The lowest BCUT2D eigenvalue weighted by molar-refractivity contribution is -0.116. The minimum atomic E-state index is 0.0454. The average Bonchev–Trinajstić information content (AvgIpc) is 3.08. The molecule has 29 heavy (non-hydrogen) atoms.